The van der Waals surface area contributed by atoms with Crippen LogP contribution in [0.5, 0.6) is 0 Å². The molecule has 0 saturated carbocycles. The Morgan fingerprint density at radius 2 is 1.84 bits per heavy atom. The molecule has 1 atom stereocenters. The molecule has 2 aliphatic heterocycles. The van der Waals surface area contributed by atoms with Crippen molar-refractivity contribution in [3.63, 3.8) is 0 Å². The van der Waals surface area contributed by atoms with Crippen molar-refractivity contribution in [1.29, 1.82) is 0 Å². The largest absolute Gasteiger partial charge is 0.373 e. The summed E-state index contributed by atoms with van der Waals surface area (Å²) in [5.41, 5.74) is 2.02. The molecule has 0 unspecified atom stereocenters. The number of carbonyl (C=O) groups is 3. The molecule has 1 fully saturated rings. The molecule has 2 N–H and O–H groups in total. The number of rotatable bonds is 1. The molecular formula is C13H13N3O3. The van der Waals surface area contributed by atoms with Crippen molar-refractivity contribution in [2.45, 2.75) is 12.5 Å². The summed E-state index contributed by atoms with van der Waals surface area (Å²) >= 11 is 0. The molecule has 6 nitrogen and oxygen atoms in total. The number of benzene rings is 1. The summed E-state index contributed by atoms with van der Waals surface area (Å²) in [6.07, 6.45) is 0.585. The molecule has 1 aromatic rings. The average Bonchev–Trinajstić information content (AvgIpc) is 2.80. The van der Waals surface area contributed by atoms with Gasteiger partial charge in [0.25, 0.3) is 0 Å². The summed E-state index contributed by atoms with van der Waals surface area (Å²) in [5, 5.41) is 5.31. The SMILES string of the molecule is O=C1CN(C(=O)[C@@H]2Cc3ccccc3N2)CC(=O)N1. The van der Waals surface area contributed by atoms with E-state index in [2.05, 4.69) is 10.6 Å². The Hall–Kier alpha value is -2.37. The minimum Gasteiger partial charge on any atom is -0.373 e. The number of nitrogens with one attached hydrogen (secondary N) is 2. The van der Waals surface area contributed by atoms with Gasteiger partial charge in [0.1, 0.15) is 19.1 Å². The fourth-order valence-corrected chi connectivity index (χ4v) is 2.46. The lowest BCUT2D eigenvalue weighted by atomic mass is 10.1. The molecule has 2 aliphatic rings. The number of hydrogen-bond donors (Lipinski definition) is 2. The molecule has 3 rings (SSSR count). The zero-order valence-electron chi connectivity index (χ0n) is 10.2. The first-order chi connectivity index (χ1) is 9.13. The third-order valence-electron chi connectivity index (χ3n) is 3.33. The molecule has 3 amide bonds. The second kappa shape index (κ2) is 4.38. The van der Waals surface area contributed by atoms with Gasteiger partial charge in [-0.1, -0.05) is 18.2 Å². The van der Waals surface area contributed by atoms with Gasteiger partial charge in [-0.25, -0.2) is 0 Å². The van der Waals surface area contributed by atoms with Gasteiger partial charge in [-0.2, -0.15) is 0 Å². The van der Waals surface area contributed by atoms with Gasteiger partial charge in [0.15, 0.2) is 0 Å². The van der Waals surface area contributed by atoms with Gasteiger partial charge in [-0.15, -0.1) is 0 Å². The Bertz CT molecular complexity index is 529. The summed E-state index contributed by atoms with van der Waals surface area (Å²) in [6.45, 7) is -0.113. The number of para-hydroxylation sites is 1. The van der Waals surface area contributed by atoms with Crippen molar-refractivity contribution in [1.82, 2.24) is 10.2 Å². The van der Waals surface area contributed by atoms with Crippen LogP contribution >= 0.6 is 0 Å². The Morgan fingerprint density at radius 1 is 1.16 bits per heavy atom. The van der Waals surface area contributed by atoms with Gasteiger partial charge in [-0.3, -0.25) is 19.7 Å². The maximum Gasteiger partial charge on any atom is 0.246 e. The van der Waals surface area contributed by atoms with Crippen LogP contribution < -0.4 is 10.6 Å². The van der Waals surface area contributed by atoms with Gasteiger partial charge < -0.3 is 10.2 Å². The molecule has 2 heterocycles. The minimum absolute atomic E-state index is 0.0564. The number of piperazine rings is 1. The topological polar surface area (TPSA) is 78.5 Å². The van der Waals surface area contributed by atoms with Crippen LogP contribution in [0.2, 0.25) is 0 Å². The number of nitrogens with zero attached hydrogens (tertiary/aromatic N) is 1. The van der Waals surface area contributed by atoms with E-state index < -0.39 is 17.9 Å². The van der Waals surface area contributed by atoms with E-state index >= 15 is 0 Å². The van der Waals surface area contributed by atoms with E-state index in [0.29, 0.717) is 6.42 Å². The Labute approximate surface area is 109 Å². The lowest BCUT2D eigenvalue weighted by Crippen LogP contribution is -2.56. The summed E-state index contributed by atoms with van der Waals surface area (Å²) in [6, 6.07) is 7.30. The highest BCUT2D eigenvalue weighted by atomic mass is 16.2. The summed E-state index contributed by atoms with van der Waals surface area (Å²) < 4.78 is 0. The Morgan fingerprint density at radius 3 is 2.53 bits per heavy atom. The summed E-state index contributed by atoms with van der Waals surface area (Å²) in [7, 11) is 0. The van der Waals surface area contributed by atoms with E-state index in [-0.39, 0.29) is 19.0 Å². The number of carbonyl (C=O) groups excluding carboxylic acids is 3. The lowest BCUT2D eigenvalue weighted by molar-refractivity contribution is -0.145. The van der Waals surface area contributed by atoms with Gasteiger partial charge >= 0.3 is 0 Å². The van der Waals surface area contributed by atoms with Crippen molar-refractivity contribution in [2.24, 2.45) is 0 Å². The molecule has 0 bridgehead atoms. The lowest BCUT2D eigenvalue weighted by Gasteiger charge is -2.27. The maximum atomic E-state index is 12.3. The van der Waals surface area contributed by atoms with Crippen molar-refractivity contribution in [3.8, 4) is 0 Å². The van der Waals surface area contributed by atoms with Crippen LogP contribution in [0.4, 0.5) is 5.69 Å². The van der Waals surface area contributed by atoms with Crippen molar-refractivity contribution < 1.29 is 14.4 Å². The molecule has 1 aromatic carbocycles. The van der Waals surface area contributed by atoms with Crippen LogP contribution in [0.3, 0.4) is 0 Å². The number of imide groups is 1. The number of amides is 3. The van der Waals surface area contributed by atoms with Crippen LogP contribution in [-0.4, -0.2) is 41.8 Å². The van der Waals surface area contributed by atoms with Crippen LogP contribution in [0, 0.1) is 0 Å². The van der Waals surface area contributed by atoms with E-state index in [4.69, 9.17) is 0 Å². The fraction of sp³-hybridized carbons (Fsp3) is 0.308. The second-order valence-electron chi connectivity index (χ2n) is 4.72. The normalized spacial score (nSPS) is 21.7. The highest BCUT2D eigenvalue weighted by Gasteiger charge is 2.34. The monoisotopic (exact) mass is 259 g/mol. The first kappa shape index (κ1) is 11.7. The molecule has 0 radical (unpaired) electrons. The number of anilines is 1. The van der Waals surface area contributed by atoms with E-state index in [1.165, 1.54) is 4.90 Å². The molecule has 1 saturated heterocycles. The standard InChI is InChI=1S/C13H13N3O3/c17-11-6-16(7-12(18)15-11)13(19)10-5-8-3-1-2-4-9(8)14-10/h1-4,10,14H,5-7H2,(H,15,17,18)/t10-/m0/s1. The molecule has 0 spiro atoms. The Kier molecular flexibility index (Phi) is 2.70. The molecular weight excluding hydrogens is 246 g/mol. The molecule has 0 aromatic heterocycles. The highest BCUT2D eigenvalue weighted by molar-refractivity contribution is 6.03. The number of fused-ring (bicyclic) bond motifs is 1. The summed E-state index contributed by atoms with van der Waals surface area (Å²) in [4.78, 5) is 36.1. The maximum absolute atomic E-state index is 12.3. The second-order valence-corrected chi connectivity index (χ2v) is 4.72. The quantitative estimate of drug-likeness (QED) is 0.667. The van der Waals surface area contributed by atoms with Gasteiger partial charge in [0.2, 0.25) is 17.7 Å². The average molecular weight is 259 g/mol. The zero-order chi connectivity index (χ0) is 13.4. The molecule has 6 heteroatoms. The predicted molar refractivity (Wildman–Crippen MR) is 67.3 cm³/mol. The summed E-state index contributed by atoms with van der Waals surface area (Å²) in [5.74, 6) is -1.07. The van der Waals surface area contributed by atoms with E-state index in [1.807, 2.05) is 24.3 Å². The van der Waals surface area contributed by atoms with E-state index in [1.54, 1.807) is 0 Å². The third-order valence-corrected chi connectivity index (χ3v) is 3.33. The number of hydrogen-bond acceptors (Lipinski definition) is 4. The first-order valence-electron chi connectivity index (χ1n) is 6.09. The zero-order valence-corrected chi connectivity index (χ0v) is 10.2. The highest BCUT2D eigenvalue weighted by Crippen LogP contribution is 2.26. The fourth-order valence-electron chi connectivity index (χ4n) is 2.46. The van der Waals surface area contributed by atoms with Crippen LogP contribution in [0.15, 0.2) is 24.3 Å². The van der Waals surface area contributed by atoms with Gasteiger partial charge in [-0.05, 0) is 11.6 Å². The predicted octanol–water partition coefficient (Wildman–Crippen LogP) is -0.492. The third kappa shape index (κ3) is 2.16. The van der Waals surface area contributed by atoms with Gasteiger partial charge in [0, 0.05) is 12.1 Å². The van der Waals surface area contributed by atoms with E-state index in [0.717, 1.165) is 11.3 Å². The molecule has 0 aliphatic carbocycles. The Balaban J connectivity index is 1.73. The van der Waals surface area contributed by atoms with E-state index in [9.17, 15) is 14.4 Å². The van der Waals surface area contributed by atoms with Crippen molar-refractivity contribution >= 4 is 23.4 Å². The van der Waals surface area contributed by atoms with Gasteiger partial charge in [0.05, 0.1) is 0 Å². The minimum atomic E-state index is -0.430. The smallest absolute Gasteiger partial charge is 0.246 e. The van der Waals surface area contributed by atoms with Crippen LogP contribution in [0.25, 0.3) is 0 Å². The van der Waals surface area contributed by atoms with Crippen LogP contribution in [-0.2, 0) is 20.8 Å². The van der Waals surface area contributed by atoms with Crippen molar-refractivity contribution in [3.05, 3.63) is 29.8 Å². The van der Waals surface area contributed by atoms with Crippen molar-refractivity contribution in [2.75, 3.05) is 18.4 Å². The first-order valence-corrected chi connectivity index (χ1v) is 6.09. The molecule has 19 heavy (non-hydrogen) atoms. The van der Waals surface area contributed by atoms with Crippen LogP contribution in [0.1, 0.15) is 5.56 Å². The molecule has 98 valence electrons.